The number of ether oxygens (including phenoxy) is 1. The lowest BCUT2D eigenvalue weighted by atomic mass is 10.1. The van der Waals surface area contributed by atoms with Gasteiger partial charge >= 0.3 is 0 Å². The summed E-state index contributed by atoms with van der Waals surface area (Å²) in [6.45, 7) is 4.54. The molecule has 0 bridgehead atoms. The zero-order valence-electron chi connectivity index (χ0n) is 17.9. The van der Waals surface area contributed by atoms with E-state index in [1.807, 2.05) is 38.1 Å². The van der Waals surface area contributed by atoms with Gasteiger partial charge in [-0.25, -0.2) is 8.42 Å². The molecule has 0 aliphatic carbocycles. The third kappa shape index (κ3) is 4.24. The quantitative estimate of drug-likeness (QED) is 0.544. The summed E-state index contributed by atoms with van der Waals surface area (Å²) < 4.78 is 33.7. The number of carbonyl (C=O) groups is 1. The van der Waals surface area contributed by atoms with Crippen LogP contribution < -0.4 is 14.4 Å². The summed E-state index contributed by atoms with van der Waals surface area (Å²) in [5.41, 5.74) is 3.27. The molecule has 1 aliphatic heterocycles. The van der Waals surface area contributed by atoms with Crippen LogP contribution in [-0.4, -0.2) is 20.8 Å². The molecule has 1 N–H and O–H groups in total. The van der Waals surface area contributed by atoms with Gasteiger partial charge in [-0.3, -0.25) is 9.10 Å². The summed E-state index contributed by atoms with van der Waals surface area (Å²) in [7, 11) is -4.07. The van der Waals surface area contributed by atoms with Gasteiger partial charge in [-0.2, -0.15) is 0 Å². The highest BCUT2D eigenvalue weighted by molar-refractivity contribution is 7.97. The Bertz CT molecular complexity index is 1280. The van der Waals surface area contributed by atoms with E-state index in [0.717, 1.165) is 11.1 Å². The summed E-state index contributed by atoms with van der Waals surface area (Å²) >= 11 is 0. The molecular formula is C25H24N2O4S. The van der Waals surface area contributed by atoms with Crippen LogP contribution in [0.3, 0.4) is 0 Å². The topological polar surface area (TPSA) is 75.7 Å². The summed E-state index contributed by atoms with van der Waals surface area (Å²) in [6, 6.07) is 21.5. The minimum Gasteiger partial charge on any atom is -0.494 e. The van der Waals surface area contributed by atoms with Gasteiger partial charge in [0, 0.05) is 17.5 Å². The molecule has 164 valence electrons. The van der Waals surface area contributed by atoms with E-state index in [9.17, 15) is 13.2 Å². The average Bonchev–Trinajstić information content (AvgIpc) is 2.78. The van der Waals surface area contributed by atoms with Crippen molar-refractivity contribution >= 4 is 27.2 Å². The maximum Gasteiger partial charge on any atom is 0.270 e. The molecule has 0 unspecified atom stereocenters. The number of aryl methyl sites for hydroxylation is 1. The number of Topliss-reactive ketones (excluding diaryl/α,β-unsaturated/α-hetero) is 1. The zero-order chi connectivity index (χ0) is 22.7. The van der Waals surface area contributed by atoms with E-state index in [1.54, 1.807) is 48.5 Å². The van der Waals surface area contributed by atoms with Crippen LogP contribution in [0.25, 0.3) is 0 Å². The summed E-state index contributed by atoms with van der Waals surface area (Å²) in [5, 5.41) is 2.95. The Balaban J connectivity index is 1.71. The Labute approximate surface area is 188 Å². The number of hydrogen-bond acceptors (Lipinski definition) is 5. The van der Waals surface area contributed by atoms with Crippen molar-refractivity contribution in [2.75, 3.05) is 16.2 Å². The van der Waals surface area contributed by atoms with Gasteiger partial charge in [0.25, 0.3) is 10.0 Å². The molecule has 0 fully saturated rings. The fourth-order valence-corrected chi connectivity index (χ4v) is 5.16. The molecule has 0 radical (unpaired) electrons. The maximum absolute atomic E-state index is 13.5. The first kappa shape index (κ1) is 21.6. The van der Waals surface area contributed by atoms with Gasteiger partial charge in [0.1, 0.15) is 5.75 Å². The highest BCUT2D eigenvalue weighted by atomic mass is 32.2. The monoisotopic (exact) mass is 448 g/mol. The molecule has 0 aromatic heterocycles. The molecule has 0 amide bonds. The van der Waals surface area contributed by atoms with Crippen LogP contribution in [-0.2, 0) is 16.6 Å². The van der Waals surface area contributed by atoms with Crippen LogP contribution in [0.5, 0.6) is 5.75 Å². The summed E-state index contributed by atoms with van der Waals surface area (Å²) in [4.78, 5) is 12.8. The number of benzene rings is 3. The van der Waals surface area contributed by atoms with Crippen molar-refractivity contribution in [3.8, 4) is 5.75 Å². The van der Waals surface area contributed by atoms with E-state index in [1.165, 1.54) is 10.5 Å². The third-order valence-corrected chi connectivity index (χ3v) is 6.92. The lowest BCUT2D eigenvalue weighted by Gasteiger charge is -2.31. The van der Waals surface area contributed by atoms with E-state index in [4.69, 9.17) is 4.74 Å². The third-order valence-electron chi connectivity index (χ3n) is 5.15. The van der Waals surface area contributed by atoms with Crippen LogP contribution in [0.15, 0.2) is 83.9 Å². The molecule has 0 saturated heterocycles. The van der Waals surface area contributed by atoms with Crippen molar-refractivity contribution in [1.82, 2.24) is 0 Å². The van der Waals surface area contributed by atoms with Crippen molar-refractivity contribution < 1.29 is 17.9 Å². The fraction of sp³-hybridized carbons (Fsp3) is 0.160. The number of nitrogens with one attached hydrogen (secondary N) is 1. The van der Waals surface area contributed by atoms with E-state index in [0.29, 0.717) is 29.3 Å². The molecule has 0 saturated carbocycles. The molecular weight excluding hydrogens is 424 g/mol. The van der Waals surface area contributed by atoms with Crippen molar-refractivity contribution in [3.63, 3.8) is 0 Å². The Morgan fingerprint density at radius 3 is 2.47 bits per heavy atom. The SMILES string of the molecule is CCOc1ccc(N/C=C2\C(=O)c3ccccc3N(Cc3cccc(C)c3)S2(=O)=O)cc1. The molecule has 6 nitrogen and oxygen atoms in total. The largest absolute Gasteiger partial charge is 0.494 e. The number of fused-ring (bicyclic) bond motifs is 1. The van der Waals surface area contributed by atoms with Crippen LogP contribution in [0.2, 0.25) is 0 Å². The lowest BCUT2D eigenvalue weighted by molar-refractivity contribution is 0.104. The molecule has 0 atom stereocenters. The van der Waals surface area contributed by atoms with Crippen LogP contribution in [0.1, 0.15) is 28.4 Å². The minimum absolute atomic E-state index is 0.134. The maximum atomic E-state index is 13.5. The molecule has 1 heterocycles. The number of nitrogens with zero attached hydrogens (tertiary/aromatic N) is 1. The van der Waals surface area contributed by atoms with Gasteiger partial charge in [-0.15, -0.1) is 0 Å². The highest BCUT2D eigenvalue weighted by Crippen LogP contribution is 2.36. The first-order valence-corrected chi connectivity index (χ1v) is 11.8. The highest BCUT2D eigenvalue weighted by Gasteiger charge is 2.40. The van der Waals surface area contributed by atoms with Gasteiger partial charge in [-0.05, 0) is 55.8 Å². The number of sulfonamides is 1. The number of ketones is 1. The van der Waals surface area contributed by atoms with Crippen molar-refractivity contribution in [2.24, 2.45) is 0 Å². The second-order valence-corrected chi connectivity index (χ2v) is 9.29. The predicted octanol–water partition coefficient (Wildman–Crippen LogP) is 4.88. The minimum atomic E-state index is -4.07. The summed E-state index contributed by atoms with van der Waals surface area (Å²) in [5.74, 6) is 0.185. The molecule has 4 rings (SSSR count). The average molecular weight is 449 g/mol. The Morgan fingerprint density at radius 2 is 1.75 bits per heavy atom. The number of para-hydroxylation sites is 1. The van der Waals surface area contributed by atoms with E-state index in [-0.39, 0.29) is 11.4 Å². The second-order valence-electron chi connectivity index (χ2n) is 7.46. The standard InChI is InChI=1S/C25H24N2O4S/c1-3-31-21-13-11-20(12-14-21)26-16-24-25(28)22-9-4-5-10-23(22)27(32(24,29)30)17-19-8-6-7-18(2)15-19/h4-16,26H,3,17H2,1-2H3/b24-16+. The first-order valence-electron chi connectivity index (χ1n) is 10.3. The van der Waals surface area contributed by atoms with Gasteiger partial charge in [0.15, 0.2) is 4.91 Å². The number of hydrogen-bond donors (Lipinski definition) is 1. The molecule has 32 heavy (non-hydrogen) atoms. The Hall–Kier alpha value is -3.58. The van der Waals surface area contributed by atoms with Crippen molar-refractivity contribution in [1.29, 1.82) is 0 Å². The molecule has 3 aromatic carbocycles. The number of allylic oxidation sites excluding steroid dienone is 1. The van der Waals surface area contributed by atoms with Crippen molar-refractivity contribution in [2.45, 2.75) is 20.4 Å². The lowest BCUT2D eigenvalue weighted by Crippen LogP contribution is -2.39. The molecule has 1 aliphatic rings. The van der Waals surface area contributed by atoms with Crippen LogP contribution >= 0.6 is 0 Å². The first-order chi connectivity index (χ1) is 15.4. The van der Waals surface area contributed by atoms with Crippen LogP contribution in [0.4, 0.5) is 11.4 Å². The van der Waals surface area contributed by atoms with Crippen molar-refractivity contribution in [3.05, 3.63) is 101 Å². The van der Waals surface area contributed by atoms with Crippen LogP contribution in [0, 0.1) is 6.92 Å². The molecule has 7 heteroatoms. The van der Waals surface area contributed by atoms with Gasteiger partial charge in [0.2, 0.25) is 5.78 Å². The molecule has 3 aromatic rings. The smallest absolute Gasteiger partial charge is 0.270 e. The molecule has 0 spiro atoms. The van der Waals surface area contributed by atoms with E-state index in [2.05, 4.69) is 5.32 Å². The number of rotatable bonds is 6. The number of anilines is 2. The second kappa shape index (κ2) is 8.88. The van der Waals surface area contributed by atoms with Gasteiger partial charge < -0.3 is 10.1 Å². The predicted molar refractivity (Wildman–Crippen MR) is 126 cm³/mol. The number of carbonyl (C=O) groups excluding carboxylic acids is 1. The normalized spacial score (nSPS) is 16.0. The zero-order valence-corrected chi connectivity index (χ0v) is 18.7. The van der Waals surface area contributed by atoms with Gasteiger partial charge in [0.05, 0.1) is 18.8 Å². The van der Waals surface area contributed by atoms with E-state index >= 15 is 0 Å². The Kier molecular flexibility index (Phi) is 6.01. The summed E-state index contributed by atoms with van der Waals surface area (Å²) in [6.07, 6.45) is 1.27. The van der Waals surface area contributed by atoms with E-state index < -0.39 is 15.8 Å². The van der Waals surface area contributed by atoms with Gasteiger partial charge in [-0.1, -0.05) is 42.0 Å². The Morgan fingerprint density at radius 1 is 1.00 bits per heavy atom. The fourth-order valence-electron chi connectivity index (χ4n) is 3.63.